The Morgan fingerprint density at radius 2 is 1.64 bits per heavy atom. The molecule has 1 aliphatic carbocycles. The molecule has 0 bridgehead atoms. The number of hydrogen-bond acceptors (Lipinski definition) is 4. The standard InChI is InChI=1S/C29H42N2O2/c1-3-5-7-8-9-10-12-13-23-15-20-27-25(21-23)22-30-29(31-27)24-16-18-26(19-17-24)33-28(32)14-11-6-4-2/h16-19,22-23H,3-15,20-21H2,1-2H3. The Kier molecular flexibility index (Phi) is 10.9. The van der Waals surface area contributed by atoms with Gasteiger partial charge in [0.25, 0.3) is 0 Å². The summed E-state index contributed by atoms with van der Waals surface area (Å²) >= 11 is 0. The molecule has 1 unspecified atom stereocenters. The fraction of sp³-hybridized carbons (Fsp3) is 0.621. The van der Waals surface area contributed by atoms with Gasteiger partial charge in [0.05, 0.1) is 0 Å². The van der Waals surface area contributed by atoms with Crippen molar-refractivity contribution in [1.29, 1.82) is 0 Å². The van der Waals surface area contributed by atoms with Gasteiger partial charge in [-0.3, -0.25) is 4.79 Å². The number of unbranched alkanes of at least 4 members (excludes halogenated alkanes) is 8. The highest BCUT2D eigenvalue weighted by atomic mass is 16.5. The van der Waals surface area contributed by atoms with Crippen LogP contribution < -0.4 is 4.74 Å². The Labute approximate surface area is 200 Å². The first kappa shape index (κ1) is 25.4. The van der Waals surface area contributed by atoms with Crippen molar-refractivity contribution in [3.8, 4) is 17.1 Å². The fourth-order valence-corrected chi connectivity index (χ4v) is 4.73. The number of rotatable bonds is 14. The quantitative estimate of drug-likeness (QED) is 0.167. The van der Waals surface area contributed by atoms with Crippen molar-refractivity contribution in [3.63, 3.8) is 0 Å². The molecule has 0 saturated heterocycles. The Hall–Kier alpha value is -2.23. The number of aromatic nitrogens is 2. The normalized spacial score (nSPS) is 15.3. The molecule has 0 aliphatic heterocycles. The van der Waals surface area contributed by atoms with Gasteiger partial charge in [0.2, 0.25) is 0 Å². The Balaban J connectivity index is 1.46. The number of benzene rings is 1. The molecule has 0 spiro atoms. The number of hydrogen-bond donors (Lipinski definition) is 0. The second kappa shape index (κ2) is 14.1. The molecule has 1 aromatic heterocycles. The van der Waals surface area contributed by atoms with Gasteiger partial charge in [-0.1, -0.05) is 78.1 Å². The summed E-state index contributed by atoms with van der Waals surface area (Å²) < 4.78 is 5.44. The number of ether oxygens (including phenoxy) is 1. The lowest BCUT2D eigenvalue weighted by Gasteiger charge is -2.24. The predicted molar refractivity (Wildman–Crippen MR) is 135 cm³/mol. The minimum absolute atomic E-state index is 0.160. The first-order chi connectivity index (χ1) is 16.2. The van der Waals surface area contributed by atoms with Crippen LogP contribution in [0.1, 0.15) is 109 Å². The van der Waals surface area contributed by atoms with Crippen molar-refractivity contribution >= 4 is 5.97 Å². The topological polar surface area (TPSA) is 52.1 Å². The SMILES string of the molecule is CCCCCCCCCC1CCc2nc(-c3ccc(OC(=O)CCCCC)cc3)ncc2C1. The van der Waals surface area contributed by atoms with E-state index in [0.29, 0.717) is 12.2 Å². The average Bonchev–Trinajstić information content (AvgIpc) is 2.84. The van der Waals surface area contributed by atoms with Crippen LogP contribution in [-0.2, 0) is 17.6 Å². The molecular weight excluding hydrogens is 408 g/mol. The van der Waals surface area contributed by atoms with E-state index in [1.54, 1.807) is 0 Å². The summed E-state index contributed by atoms with van der Waals surface area (Å²) in [6.07, 6.45) is 20.0. The predicted octanol–water partition coefficient (Wildman–Crippen LogP) is 7.87. The van der Waals surface area contributed by atoms with E-state index in [9.17, 15) is 4.79 Å². The second-order valence-corrected chi connectivity index (χ2v) is 9.64. The van der Waals surface area contributed by atoms with E-state index in [4.69, 9.17) is 9.72 Å². The van der Waals surface area contributed by atoms with Crippen molar-refractivity contribution in [2.45, 2.75) is 110 Å². The summed E-state index contributed by atoms with van der Waals surface area (Å²) in [6.45, 7) is 4.40. The number of nitrogens with zero attached hydrogens (tertiary/aromatic N) is 2. The number of carbonyl (C=O) groups is 1. The molecule has 3 rings (SSSR count). The van der Waals surface area contributed by atoms with Crippen LogP contribution in [0.15, 0.2) is 30.5 Å². The molecule has 1 aromatic carbocycles. The largest absolute Gasteiger partial charge is 0.427 e. The maximum Gasteiger partial charge on any atom is 0.311 e. The van der Waals surface area contributed by atoms with Crippen LogP contribution in [-0.4, -0.2) is 15.9 Å². The molecule has 33 heavy (non-hydrogen) atoms. The summed E-state index contributed by atoms with van der Waals surface area (Å²) in [5, 5.41) is 0. The highest BCUT2D eigenvalue weighted by molar-refractivity contribution is 5.72. The third-order valence-electron chi connectivity index (χ3n) is 6.80. The molecule has 0 radical (unpaired) electrons. The van der Waals surface area contributed by atoms with Crippen molar-refractivity contribution < 1.29 is 9.53 Å². The van der Waals surface area contributed by atoms with Crippen LogP contribution in [0.25, 0.3) is 11.4 Å². The summed E-state index contributed by atoms with van der Waals surface area (Å²) in [7, 11) is 0. The third kappa shape index (κ3) is 8.57. The van der Waals surface area contributed by atoms with E-state index in [1.807, 2.05) is 30.5 Å². The molecule has 4 heteroatoms. The van der Waals surface area contributed by atoms with Crippen molar-refractivity contribution in [2.75, 3.05) is 0 Å². The maximum absolute atomic E-state index is 11.9. The number of carbonyl (C=O) groups excluding carboxylic acids is 1. The van der Waals surface area contributed by atoms with Crippen LogP contribution in [0.2, 0.25) is 0 Å². The van der Waals surface area contributed by atoms with E-state index in [1.165, 1.54) is 69.0 Å². The molecular formula is C29H42N2O2. The number of aryl methyl sites for hydroxylation is 1. The third-order valence-corrected chi connectivity index (χ3v) is 6.80. The molecule has 4 nitrogen and oxygen atoms in total. The lowest BCUT2D eigenvalue weighted by molar-refractivity contribution is -0.134. The minimum atomic E-state index is -0.160. The van der Waals surface area contributed by atoms with Gasteiger partial charge in [0.15, 0.2) is 5.82 Å². The van der Waals surface area contributed by atoms with E-state index >= 15 is 0 Å². The summed E-state index contributed by atoms with van der Waals surface area (Å²) in [5.74, 6) is 1.98. The molecule has 0 saturated carbocycles. The van der Waals surface area contributed by atoms with Gasteiger partial charge in [-0.2, -0.15) is 0 Å². The molecule has 0 amide bonds. The summed E-state index contributed by atoms with van der Waals surface area (Å²) in [6, 6.07) is 7.58. The van der Waals surface area contributed by atoms with Gasteiger partial charge in [-0.05, 0) is 61.4 Å². The number of fused-ring (bicyclic) bond motifs is 1. The van der Waals surface area contributed by atoms with Gasteiger partial charge in [0.1, 0.15) is 5.75 Å². The van der Waals surface area contributed by atoms with Crippen molar-refractivity contribution in [3.05, 3.63) is 41.7 Å². The maximum atomic E-state index is 11.9. The lowest BCUT2D eigenvalue weighted by atomic mass is 9.84. The fourth-order valence-electron chi connectivity index (χ4n) is 4.73. The van der Waals surface area contributed by atoms with Crippen molar-refractivity contribution in [2.24, 2.45) is 5.92 Å². The van der Waals surface area contributed by atoms with Crippen LogP contribution in [0.5, 0.6) is 5.75 Å². The summed E-state index contributed by atoms with van der Waals surface area (Å²) in [4.78, 5) is 21.5. The molecule has 1 atom stereocenters. The van der Waals surface area contributed by atoms with Crippen LogP contribution >= 0.6 is 0 Å². The molecule has 0 N–H and O–H groups in total. The highest BCUT2D eigenvalue weighted by Crippen LogP contribution is 2.29. The van der Waals surface area contributed by atoms with Crippen LogP contribution in [0.3, 0.4) is 0 Å². The smallest absolute Gasteiger partial charge is 0.311 e. The van der Waals surface area contributed by atoms with Gasteiger partial charge in [-0.25, -0.2) is 9.97 Å². The van der Waals surface area contributed by atoms with Crippen molar-refractivity contribution in [1.82, 2.24) is 9.97 Å². The molecule has 180 valence electrons. The molecule has 1 aliphatic rings. The van der Waals surface area contributed by atoms with Gasteiger partial charge in [-0.15, -0.1) is 0 Å². The Morgan fingerprint density at radius 1 is 0.939 bits per heavy atom. The first-order valence-corrected chi connectivity index (χ1v) is 13.4. The monoisotopic (exact) mass is 450 g/mol. The molecule has 2 aromatic rings. The van der Waals surface area contributed by atoms with Gasteiger partial charge < -0.3 is 4.74 Å². The molecule has 1 heterocycles. The van der Waals surface area contributed by atoms with E-state index in [2.05, 4.69) is 18.8 Å². The summed E-state index contributed by atoms with van der Waals surface area (Å²) in [5.41, 5.74) is 3.51. The first-order valence-electron chi connectivity index (χ1n) is 13.4. The minimum Gasteiger partial charge on any atom is -0.427 e. The zero-order valence-electron chi connectivity index (χ0n) is 20.8. The van der Waals surface area contributed by atoms with E-state index in [0.717, 1.165) is 49.4 Å². The van der Waals surface area contributed by atoms with Gasteiger partial charge in [0, 0.05) is 23.9 Å². The van der Waals surface area contributed by atoms with Crippen LogP contribution in [0, 0.1) is 5.92 Å². The Morgan fingerprint density at radius 3 is 2.39 bits per heavy atom. The van der Waals surface area contributed by atoms with E-state index in [-0.39, 0.29) is 5.97 Å². The average molecular weight is 451 g/mol. The number of esters is 1. The van der Waals surface area contributed by atoms with E-state index < -0.39 is 0 Å². The highest BCUT2D eigenvalue weighted by Gasteiger charge is 2.20. The van der Waals surface area contributed by atoms with Crippen LogP contribution in [0.4, 0.5) is 0 Å². The molecule has 0 fully saturated rings. The zero-order chi connectivity index (χ0) is 23.3. The lowest BCUT2D eigenvalue weighted by Crippen LogP contribution is -2.16. The Bertz CT molecular complexity index is 847. The zero-order valence-corrected chi connectivity index (χ0v) is 20.8. The second-order valence-electron chi connectivity index (χ2n) is 9.64. The van der Waals surface area contributed by atoms with Gasteiger partial charge >= 0.3 is 5.97 Å².